The van der Waals surface area contributed by atoms with Crippen molar-refractivity contribution in [3.05, 3.63) is 24.0 Å². The van der Waals surface area contributed by atoms with E-state index >= 15 is 0 Å². The largest absolute Gasteiger partial charge is 0.442 e. The van der Waals surface area contributed by atoms with Crippen molar-refractivity contribution >= 4 is 45.6 Å². The summed E-state index contributed by atoms with van der Waals surface area (Å²) in [7, 11) is -0.819. The number of benzene rings is 1. The molecule has 0 aromatic heterocycles. The first-order valence-corrected chi connectivity index (χ1v) is 9.74. The van der Waals surface area contributed by atoms with Gasteiger partial charge in [-0.1, -0.05) is 0 Å². The van der Waals surface area contributed by atoms with Gasteiger partial charge in [-0.05, 0) is 30.4 Å². The molecule has 1 atom stereocenters. The van der Waals surface area contributed by atoms with E-state index in [2.05, 4.69) is 5.32 Å². The highest BCUT2D eigenvalue weighted by Crippen LogP contribution is 2.28. The number of rotatable bonds is 4. The number of carbonyl (C=O) groups excluding carboxylic acids is 1. The molecule has 2 heterocycles. The van der Waals surface area contributed by atoms with Crippen molar-refractivity contribution in [2.75, 3.05) is 47.5 Å². The number of hydrogen-bond acceptors (Lipinski definition) is 5. The Balaban J connectivity index is 1.69. The molecule has 136 valence electrons. The van der Waals surface area contributed by atoms with E-state index < -0.39 is 28.8 Å². The number of amides is 1. The van der Waals surface area contributed by atoms with Crippen LogP contribution in [0.5, 0.6) is 0 Å². The van der Waals surface area contributed by atoms with E-state index in [4.69, 9.17) is 22.7 Å². The third-order valence-electron chi connectivity index (χ3n) is 4.14. The lowest BCUT2D eigenvalue weighted by Gasteiger charge is -2.29. The van der Waals surface area contributed by atoms with Gasteiger partial charge in [-0.25, -0.2) is 9.18 Å². The molecule has 10 heteroatoms. The Hall–Kier alpha value is -1.94. The van der Waals surface area contributed by atoms with Crippen LogP contribution in [0.15, 0.2) is 18.2 Å². The molecule has 0 spiro atoms. The van der Waals surface area contributed by atoms with Gasteiger partial charge in [-0.2, -0.15) is 0 Å². The minimum Gasteiger partial charge on any atom is -0.442 e. The van der Waals surface area contributed by atoms with Gasteiger partial charge in [0, 0.05) is 35.4 Å². The van der Waals surface area contributed by atoms with Crippen LogP contribution < -0.4 is 20.9 Å². The van der Waals surface area contributed by atoms with E-state index in [0.29, 0.717) is 42.5 Å². The summed E-state index contributed by atoms with van der Waals surface area (Å²) in [5.41, 5.74) is 6.25. The number of nitrogens with one attached hydrogen (secondary N) is 1. The van der Waals surface area contributed by atoms with Crippen LogP contribution in [0.3, 0.4) is 0 Å². The molecule has 0 aliphatic carbocycles. The van der Waals surface area contributed by atoms with E-state index in [1.54, 1.807) is 12.1 Å². The maximum Gasteiger partial charge on any atom is 0.414 e. The summed E-state index contributed by atoms with van der Waals surface area (Å²) in [6.45, 7) is 1.71. The number of nitrogens with zero attached hydrogens (tertiary/aromatic N) is 2. The van der Waals surface area contributed by atoms with Gasteiger partial charge in [0.25, 0.3) is 0 Å². The summed E-state index contributed by atoms with van der Waals surface area (Å²) in [4.78, 5) is 15.3. The van der Waals surface area contributed by atoms with Gasteiger partial charge in [0.1, 0.15) is 11.9 Å². The molecule has 1 aromatic rings. The number of thiocarbonyl (C=S) groups is 1. The fraction of sp³-hybridized carbons (Fsp3) is 0.467. The quantitative estimate of drug-likeness (QED) is 0.731. The Morgan fingerprint density at radius 3 is 2.80 bits per heavy atom. The molecule has 3 rings (SSSR count). The molecule has 0 bridgehead atoms. The Labute approximate surface area is 152 Å². The van der Waals surface area contributed by atoms with Gasteiger partial charge in [-0.3, -0.25) is 9.11 Å². The highest BCUT2D eigenvalue weighted by molar-refractivity contribution is 7.85. The minimum absolute atomic E-state index is 0.132. The number of carbonyl (C=O) groups is 1. The fourth-order valence-corrected chi connectivity index (χ4v) is 3.99. The topological polar surface area (TPSA) is 87.9 Å². The molecule has 3 N–H and O–H groups in total. The highest BCUT2D eigenvalue weighted by atomic mass is 32.2. The molecule has 1 amide bonds. The van der Waals surface area contributed by atoms with Crippen molar-refractivity contribution in [2.45, 2.75) is 6.10 Å². The van der Waals surface area contributed by atoms with E-state index in [0.717, 1.165) is 0 Å². The molecular weight excluding hydrogens is 367 g/mol. The van der Waals surface area contributed by atoms with E-state index in [1.165, 1.54) is 11.0 Å². The maximum absolute atomic E-state index is 14.5. The second-order valence-corrected chi connectivity index (χ2v) is 7.97. The summed E-state index contributed by atoms with van der Waals surface area (Å²) in [6.07, 6.45) is -0.941. The molecule has 1 aromatic carbocycles. The average molecular weight is 386 g/mol. The van der Waals surface area contributed by atoms with Gasteiger partial charge < -0.3 is 20.7 Å². The summed E-state index contributed by atoms with van der Waals surface area (Å²) in [5, 5.41) is 2.88. The van der Waals surface area contributed by atoms with Crippen LogP contribution in [-0.2, 0) is 15.5 Å². The summed E-state index contributed by atoms with van der Waals surface area (Å²) >= 11 is 4.72. The van der Waals surface area contributed by atoms with E-state index in [1.807, 2.05) is 4.90 Å². The smallest absolute Gasteiger partial charge is 0.414 e. The maximum atomic E-state index is 14.5. The zero-order valence-corrected chi connectivity index (χ0v) is 15.1. The van der Waals surface area contributed by atoms with Crippen LogP contribution in [0.25, 0.3) is 0 Å². The molecular formula is C15H19FN4O3S2. The minimum atomic E-state index is -0.819. The molecule has 2 saturated heterocycles. The molecule has 2 aliphatic rings. The molecule has 0 saturated carbocycles. The predicted octanol–water partition coefficient (Wildman–Crippen LogP) is 0.553. The van der Waals surface area contributed by atoms with Crippen molar-refractivity contribution < 1.29 is 18.1 Å². The van der Waals surface area contributed by atoms with Crippen LogP contribution >= 0.6 is 12.2 Å². The first-order valence-electron chi connectivity index (χ1n) is 7.85. The van der Waals surface area contributed by atoms with Crippen molar-refractivity contribution in [3.8, 4) is 0 Å². The lowest BCUT2D eigenvalue weighted by molar-refractivity contribution is 0.143. The van der Waals surface area contributed by atoms with Crippen LogP contribution in [0, 0.1) is 5.82 Å². The van der Waals surface area contributed by atoms with Crippen molar-refractivity contribution in [1.29, 1.82) is 0 Å². The average Bonchev–Trinajstić information content (AvgIpc) is 2.95. The molecule has 2 aliphatic heterocycles. The second kappa shape index (κ2) is 7.52. The predicted molar refractivity (Wildman–Crippen MR) is 98.9 cm³/mol. The second-order valence-electron chi connectivity index (χ2n) is 5.83. The third-order valence-corrected chi connectivity index (χ3v) is 5.56. The van der Waals surface area contributed by atoms with E-state index in [-0.39, 0.29) is 11.7 Å². The van der Waals surface area contributed by atoms with Crippen LogP contribution in [-0.4, -0.2) is 59.2 Å². The van der Waals surface area contributed by atoms with Crippen molar-refractivity contribution in [3.63, 3.8) is 0 Å². The lowest BCUT2D eigenvalue weighted by atomic mass is 10.2. The van der Waals surface area contributed by atoms with Gasteiger partial charge in [-0.15, -0.1) is 0 Å². The van der Waals surface area contributed by atoms with Gasteiger partial charge in [0.15, 0.2) is 5.11 Å². The fourth-order valence-electron chi connectivity index (χ4n) is 2.85. The molecule has 0 radical (unpaired) electrons. The molecule has 1 unspecified atom stereocenters. The number of ether oxygens (including phenoxy) is 1. The third kappa shape index (κ3) is 4.18. The standard InChI is InChI=1S/C15H19FN4O3S2/c16-12-7-10(1-2-13(12)19-3-5-25(22)6-4-19)20-9-11(23-15(20)21)8-18-14(17)24/h1-2,7,11H,3-6,8-9H2,(H3,17,18,24). The monoisotopic (exact) mass is 386 g/mol. The molecule has 25 heavy (non-hydrogen) atoms. The summed E-state index contributed by atoms with van der Waals surface area (Å²) < 4.78 is 31.2. The lowest BCUT2D eigenvalue weighted by Crippen LogP contribution is -2.38. The van der Waals surface area contributed by atoms with Gasteiger partial charge in [0.05, 0.1) is 24.5 Å². The Morgan fingerprint density at radius 1 is 1.44 bits per heavy atom. The van der Waals surface area contributed by atoms with E-state index in [9.17, 15) is 13.4 Å². The number of nitrogens with two attached hydrogens (primary N) is 1. The Kier molecular flexibility index (Phi) is 5.38. The Bertz CT molecular complexity index is 708. The Morgan fingerprint density at radius 2 is 2.16 bits per heavy atom. The number of hydrogen-bond donors (Lipinski definition) is 2. The summed E-state index contributed by atoms with van der Waals surface area (Å²) in [6, 6.07) is 4.66. The van der Waals surface area contributed by atoms with Crippen molar-refractivity contribution in [1.82, 2.24) is 5.32 Å². The molecule has 2 fully saturated rings. The zero-order chi connectivity index (χ0) is 18.0. The first-order chi connectivity index (χ1) is 11.9. The van der Waals surface area contributed by atoms with Gasteiger partial charge in [0.2, 0.25) is 0 Å². The van der Waals surface area contributed by atoms with Crippen LogP contribution in [0.1, 0.15) is 0 Å². The normalized spacial score (nSPS) is 21.3. The number of cyclic esters (lactones) is 1. The highest BCUT2D eigenvalue weighted by Gasteiger charge is 2.33. The van der Waals surface area contributed by atoms with Crippen molar-refractivity contribution in [2.24, 2.45) is 5.73 Å². The van der Waals surface area contributed by atoms with Crippen LogP contribution in [0.2, 0.25) is 0 Å². The number of anilines is 2. The van der Waals surface area contributed by atoms with Crippen LogP contribution in [0.4, 0.5) is 20.6 Å². The first kappa shape index (κ1) is 17.9. The van der Waals surface area contributed by atoms with Gasteiger partial charge >= 0.3 is 6.09 Å². The summed E-state index contributed by atoms with van der Waals surface area (Å²) in [5.74, 6) is 0.664. The zero-order valence-electron chi connectivity index (χ0n) is 13.4. The molecule has 7 nitrogen and oxygen atoms in total. The SMILES string of the molecule is NC(=S)NCC1CN(c2ccc(N3CCS(=O)CC3)c(F)c2)C(=O)O1. The number of halogens is 1.